The van der Waals surface area contributed by atoms with Crippen LogP contribution in [0.2, 0.25) is 15.1 Å². The number of rotatable bonds is 3. The second-order valence-electron chi connectivity index (χ2n) is 8.94. The van der Waals surface area contributed by atoms with Gasteiger partial charge in [-0.3, -0.25) is 14.4 Å². The normalized spacial score (nSPS) is 24.1. The van der Waals surface area contributed by atoms with Crippen LogP contribution < -0.4 is 9.80 Å². The monoisotopic (exact) mass is 600 g/mol. The summed E-state index contributed by atoms with van der Waals surface area (Å²) in [7, 11) is 0. The number of benzene rings is 3. The Hall–Kier alpha value is -2.64. The van der Waals surface area contributed by atoms with Crippen molar-refractivity contribution in [3.63, 3.8) is 0 Å². The van der Waals surface area contributed by atoms with Crippen molar-refractivity contribution in [1.82, 2.24) is 0 Å². The molecule has 9 heteroatoms. The van der Waals surface area contributed by atoms with E-state index >= 15 is 0 Å². The fourth-order valence-electron chi connectivity index (χ4n) is 5.52. The zero-order chi connectivity index (χ0) is 25.3. The van der Waals surface area contributed by atoms with Crippen molar-refractivity contribution in [1.29, 1.82) is 0 Å². The fourth-order valence-corrected chi connectivity index (χ4v) is 6.44. The summed E-state index contributed by atoms with van der Waals surface area (Å²) in [6.07, 6.45) is 3.80. The summed E-state index contributed by atoms with van der Waals surface area (Å²) in [6.45, 7) is 0. The van der Waals surface area contributed by atoms with Crippen molar-refractivity contribution < 1.29 is 14.4 Å². The summed E-state index contributed by atoms with van der Waals surface area (Å²) < 4.78 is 0.829. The molecule has 0 radical (unpaired) electrons. The van der Waals surface area contributed by atoms with Crippen LogP contribution in [-0.4, -0.2) is 29.7 Å². The van der Waals surface area contributed by atoms with Gasteiger partial charge in [-0.15, -0.1) is 0 Å². The number of amides is 2. The van der Waals surface area contributed by atoms with E-state index < -0.39 is 35.7 Å². The molecule has 3 aromatic rings. The first-order valence-electron chi connectivity index (χ1n) is 11.1. The number of carbonyl (C=O) groups is 3. The first kappa shape index (κ1) is 23.7. The summed E-state index contributed by atoms with van der Waals surface area (Å²) in [5.74, 6) is -2.77. The van der Waals surface area contributed by atoms with Gasteiger partial charge in [0, 0.05) is 25.8 Å². The van der Waals surface area contributed by atoms with E-state index in [4.69, 9.17) is 34.8 Å². The van der Waals surface area contributed by atoms with Crippen LogP contribution in [0.3, 0.4) is 0 Å². The Labute approximate surface area is 230 Å². The predicted octanol–water partition coefficient (Wildman–Crippen LogP) is 6.68. The minimum absolute atomic E-state index is 0.188. The third kappa shape index (κ3) is 3.54. The Morgan fingerprint density at radius 2 is 1.47 bits per heavy atom. The highest BCUT2D eigenvalue weighted by Gasteiger charge is 2.64. The maximum atomic E-state index is 14.0. The third-order valence-electron chi connectivity index (χ3n) is 7.02. The predicted molar refractivity (Wildman–Crippen MR) is 145 cm³/mol. The minimum atomic E-state index is -0.907. The molecule has 3 aromatic carbocycles. The number of imide groups is 1. The maximum absolute atomic E-state index is 14.0. The van der Waals surface area contributed by atoms with Gasteiger partial charge in [0.05, 0.1) is 28.6 Å². The largest absolute Gasteiger partial charge is 0.352 e. The van der Waals surface area contributed by atoms with Crippen LogP contribution in [0.4, 0.5) is 11.4 Å². The summed E-state index contributed by atoms with van der Waals surface area (Å²) in [5, 5.41) is 1.08. The Kier molecular flexibility index (Phi) is 5.76. The number of hydrogen-bond acceptors (Lipinski definition) is 4. The smallest absolute Gasteiger partial charge is 0.240 e. The molecular weight excluding hydrogens is 587 g/mol. The Morgan fingerprint density at radius 1 is 0.806 bits per heavy atom. The molecule has 2 fully saturated rings. The van der Waals surface area contributed by atoms with E-state index in [0.29, 0.717) is 15.6 Å². The lowest BCUT2D eigenvalue weighted by molar-refractivity contribution is -0.122. The van der Waals surface area contributed by atoms with Gasteiger partial charge in [-0.25, -0.2) is 4.90 Å². The molecule has 2 saturated heterocycles. The number of anilines is 2. The van der Waals surface area contributed by atoms with Crippen molar-refractivity contribution in [2.75, 3.05) is 9.80 Å². The van der Waals surface area contributed by atoms with Crippen molar-refractivity contribution in [3.05, 3.63) is 97.4 Å². The lowest BCUT2D eigenvalue weighted by Crippen LogP contribution is -2.48. The first-order chi connectivity index (χ1) is 17.3. The molecule has 3 aliphatic rings. The van der Waals surface area contributed by atoms with E-state index in [0.717, 1.165) is 20.6 Å². The number of nitrogens with zero attached hydrogens (tertiary/aromatic N) is 2. The lowest BCUT2D eigenvalue weighted by Gasteiger charge is -2.36. The zero-order valence-corrected chi connectivity index (χ0v) is 22.2. The second-order valence-corrected chi connectivity index (χ2v) is 11.1. The van der Waals surface area contributed by atoms with Crippen molar-refractivity contribution in [2.45, 2.75) is 12.1 Å². The number of hydrogen-bond donors (Lipinski definition) is 0. The molecule has 4 atom stereocenters. The van der Waals surface area contributed by atoms with Gasteiger partial charge in [0.15, 0.2) is 5.78 Å². The highest BCUT2D eigenvalue weighted by Crippen LogP contribution is 2.51. The van der Waals surface area contributed by atoms with Gasteiger partial charge in [-0.1, -0.05) is 81.1 Å². The third-order valence-corrected chi connectivity index (χ3v) is 8.32. The number of ketones is 1. The van der Waals surface area contributed by atoms with Crippen molar-refractivity contribution >= 4 is 85.8 Å². The van der Waals surface area contributed by atoms with E-state index in [-0.39, 0.29) is 16.5 Å². The van der Waals surface area contributed by atoms with Gasteiger partial charge >= 0.3 is 0 Å². The van der Waals surface area contributed by atoms with E-state index in [1.54, 1.807) is 48.5 Å². The standard InChI is InChI=1S/C27H16BrCl3N2O3/c28-15-5-1-14(2-6-15)25(34)24-23-22(20-9-4-13-3-7-17(30)12-21(13)32(20)24)26(35)33(27(23)36)19-10-8-16(29)11-18(19)31/h1-12,20,22-24H/t20-,22-,23-,24+/m0/s1. The Balaban J connectivity index is 1.51. The quantitative estimate of drug-likeness (QED) is 0.248. The summed E-state index contributed by atoms with van der Waals surface area (Å²) in [4.78, 5) is 44.8. The van der Waals surface area contributed by atoms with Gasteiger partial charge in [-0.2, -0.15) is 0 Å². The first-order valence-corrected chi connectivity index (χ1v) is 13.1. The average molecular weight is 603 g/mol. The van der Waals surface area contributed by atoms with E-state index in [1.807, 2.05) is 23.1 Å². The van der Waals surface area contributed by atoms with Gasteiger partial charge < -0.3 is 4.90 Å². The van der Waals surface area contributed by atoms with E-state index in [2.05, 4.69) is 15.9 Å². The molecule has 3 aliphatic heterocycles. The van der Waals surface area contributed by atoms with Gasteiger partial charge in [0.25, 0.3) is 0 Å². The highest BCUT2D eigenvalue weighted by atomic mass is 79.9. The van der Waals surface area contributed by atoms with Crippen molar-refractivity contribution in [2.24, 2.45) is 11.8 Å². The van der Waals surface area contributed by atoms with Gasteiger partial charge in [0.1, 0.15) is 6.04 Å². The number of Topliss-reactive ketones (excluding diaryl/α,β-unsaturated/α-hetero) is 1. The van der Waals surface area contributed by atoms with Gasteiger partial charge in [-0.05, 0) is 48.0 Å². The van der Waals surface area contributed by atoms with Crippen LogP contribution in [0.1, 0.15) is 15.9 Å². The average Bonchev–Trinajstić information content (AvgIpc) is 3.32. The molecule has 0 N–H and O–H groups in total. The van der Waals surface area contributed by atoms with Gasteiger partial charge in [0.2, 0.25) is 11.8 Å². The molecule has 5 nitrogen and oxygen atoms in total. The number of fused-ring (bicyclic) bond motifs is 5. The van der Waals surface area contributed by atoms with E-state index in [1.165, 1.54) is 6.07 Å². The van der Waals surface area contributed by atoms with Crippen molar-refractivity contribution in [3.8, 4) is 0 Å². The topological polar surface area (TPSA) is 57.7 Å². The van der Waals surface area contributed by atoms with Crippen LogP contribution in [-0.2, 0) is 9.59 Å². The molecule has 0 unspecified atom stereocenters. The molecule has 3 heterocycles. The zero-order valence-electron chi connectivity index (χ0n) is 18.4. The summed E-state index contributed by atoms with van der Waals surface area (Å²) in [5.41, 5.74) is 2.29. The molecule has 0 spiro atoms. The van der Waals surface area contributed by atoms with Crippen LogP contribution in [0, 0.1) is 11.8 Å². The lowest BCUT2D eigenvalue weighted by atomic mass is 9.86. The molecule has 0 saturated carbocycles. The highest BCUT2D eigenvalue weighted by molar-refractivity contribution is 9.10. The molecule has 36 heavy (non-hydrogen) atoms. The number of halogens is 4. The Morgan fingerprint density at radius 3 is 2.19 bits per heavy atom. The van der Waals surface area contributed by atoms with Crippen LogP contribution >= 0.6 is 50.7 Å². The SMILES string of the molecule is O=C(c1ccc(Br)cc1)[C@H]1[C@H]2C(=O)N(c3ccc(Cl)cc3Cl)C(=O)[C@H]2[C@@H]2C=Cc3ccc(Cl)cc3N21. The minimum Gasteiger partial charge on any atom is -0.352 e. The molecule has 2 amide bonds. The second kappa shape index (κ2) is 8.73. The molecule has 0 aromatic heterocycles. The molecule has 0 aliphatic carbocycles. The molecule has 180 valence electrons. The number of carbonyl (C=O) groups excluding carboxylic acids is 3. The fraction of sp³-hybridized carbons (Fsp3) is 0.148. The summed E-state index contributed by atoms with van der Waals surface area (Å²) >= 11 is 22.2. The van der Waals surface area contributed by atoms with Crippen LogP contribution in [0.5, 0.6) is 0 Å². The Bertz CT molecular complexity index is 1490. The molecule has 6 rings (SSSR count). The van der Waals surface area contributed by atoms with Crippen LogP contribution in [0.25, 0.3) is 6.08 Å². The maximum Gasteiger partial charge on any atom is 0.240 e. The molecular formula is C27H16BrCl3N2O3. The molecule has 0 bridgehead atoms. The van der Waals surface area contributed by atoms with Crippen LogP contribution in [0.15, 0.2) is 71.2 Å². The van der Waals surface area contributed by atoms with E-state index in [9.17, 15) is 14.4 Å². The summed E-state index contributed by atoms with van der Waals surface area (Å²) in [6, 6.07) is 15.6.